The quantitative estimate of drug-likeness (QED) is 0.671. The van der Waals surface area contributed by atoms with Crippen LogP contribution in [0.2, 0.25) is 0 Å². The molecule has 0 amide bonds. The van der Waals surface area contributed by atoms with Crippen LogP contribution < -0.4 is 14.0 Å². The zero-order valence-corrected chi connectivity index (χ0v) is 16.2. The van der Waals surface area contributed by atoms with Gasteiger partial charge < -0.3 is 0 Å². The molecule has 1 unspecified atom stereocenters. The van der Waals surface area contributed by atoms with Gasteiger partial charge in [-0.05, 0) is 0 Å². The van der Waals surface area contributed by atoms with Gasteiger partial charge in [0.25, 0.3) is 0 Å². The van der Waals surface area contributed by atoms with Crippen molar-refractivity contribution in [1.82, 2.24) is 0 Å². The number of hydrogen-bond donors (Lipinski definition) is 0. The Labute approximate surface area is 153 Å². The Balaban J connectivity index is 2.14. The molecule has 0 aliphatic carbocycles. The molecule has 2 aromatic rings. The number of halogens is 1. The molecule has 2 aromatic carbocycles. The maximum atomic E-state index is 11.3. The van der Waals surface area contributed by atoms with Crippen LogP contribution in [0.1, 0.15) is 22.3 Å². The molecule has 4 nitrogen and oxygen atoms in total. The summed E-state index contributed by atoms with van der Waals surface area (Å²) in [5.74, 6) is 0. The predicted octanol–water partition coefficient (Wildman–Crippen LogP) is 0.504. The van der Waals surface area contributed by atoms with E-state index in [1.165, 1.54) is 0 Å². The van der Waals surface area contributed by atoms with Crippen LogP contribution in [0, 0.1) is 24.1 Å². The Bertz CT molecular complexity index is 860. The molecule has 0 saturated carbocycles. The summed E-state index contributed by atoms with van der Waals surface area (Å²) in [7, 11) is -4.51. The number of hydrogen-bond acceptors (Lipinski definition) is 4. The van der Waals surface area contributed by atoms with Crippen LogP contribution in [0.4, 0.5) is 0 Å². The van der Waals surface area contributed by atoms with Crippen molar-refractivity contribution >= 4 is 22.7 Å². The number of allylic oxidation sites excluding steroid dienone is 3. The fraction of sp³-hybridized carbons (Fsp3) is 0.105. The van der Waals surface area contributed by atoms with Crippen LogP contribution in [-0.2, 0) is 3.37 Å². The SMILES string of the molecule is Cc1ccc(C2=CC=CC(c3ccc(C)cc3)=[Se]2O[Cl+3]([O-])([O-])[O-])cc1. The van der Waals surface area contributed by atoms with E-state index in [4.69, 9.17) is 3.37 Å². The first-order valence-electron chi connectivity index (χ1n) is 7.58. The van der Waals surface area contributed by atoms with Crippen LogP contribution in [0.5, 0.6) is 0 Å². The van der Waals surface area contributed by atoms with Gasteiger partial charge in [0.1, 0.15) is 0 Å². The van der Waals surface area contributed by atoms with Crippen molar-refractivity contribution in [3.05, 3.63) is 89.0 Å². The molecule has 0 saturated heterocycles. The first kappa shape index (κ1) is 18.2. The Morgan fingerprint density at radius 1 is 0.800 bits per heavy atom. The van der Waals surface area contributed by atoms with Crippen LogP contribution in [0.3, 0.4) is 0 Å². The zero-order chi connectivity index (χ0) is 18.0. The molecule has 1 atom stereocenters. The van der Waals surface area contributed by atoms with Gasteiger partial charge in [0.05, 0.1) is 0 Å². The van der Waals surface area contributed by atoms with Gasteiger partial charge in [-0.3, -0.25) is 0 Å². The summed E-state index contributed by atoms with van der Waals surface area (Å²) >= 11 is -2.52. The predicted molar refractivity (Wildman–Crippen MR) is 90.4 cm³/mol. The molecule has 0 N–H and O–H groups in total. The van der Waals surface area contributed by atoms with Gasteiger partial charge in [-0.2, -0.15) is 0 Å². The molecule has 25 heavy (non-hydrogen) atoms. The third-order valence-electron chi connectivity index (χ3n) is 3.71. The molecule has 130 valence electrons. The minimum absolute atomic E-state index is 0.755. The van der Waals surface area contributed by atoms with Crippen molar-refractivity contribution in [3.8, 4) is 0 Å². The Kier molecular flexibility index (Phi) is 5.37. The second kappa shape index (κ2) is 7.36. The van der Waals surface area contributed by atoms with Crippen molar-refractivity contribution in [3.63, 3.8) is 0 Å². The van der Waals surface area contributed by atoms with Crippen molar-refractivity contribution in [2.75, 3.05) is 0 Å². The van der Waals surface area contributed by atoms with Gasteiger partial charge >= 0.3 is 153 Å². The monoisotopic (exact) mass is 424 g/mol. The third-order valence-corrected chi connectivity index (χ3v) is 8.99. The van der Waals surface area contributed by atoms with Crippen molar-refractivity contribution < 1.29 is 27.6 Å². The molecule has 1 heterocycles. The molecule has 3 rings (SSSR count). The van der Waals surface area contributed by atoms with Gasteiger partial charge in [-0.15, -0.1) is 0 Å². The second-order valence-electron chi connectivity index (χ2n) is 5.70. The molecular weight excluding hydrogens is 407 g/mol. The van der Waals surface area contributed by atoms with Gasteiger partial charge in [0.2, 0.25) is 0 Å². The molecule has 1 aliphatic rings. The van der Waals surface area contributed by atoms with Crippen LogP contribution >= 0.6 is 0 Å². The number of benzene rings is 2. The van der Waals surface area contributed by atoms with Gasteiger partial charge in [-0.25, -0.2) is 0 Å². The normalized spacial score (nSPS) is 17.6. The minimum atomic E-state index is -4.51. The van der Waals surface area contributed by atoms with E-state index < -0.39 is 24.0 Å². The van der Waals surface area contributed by atoms with E-state index in [0.29, 0.717) is 0 Å². The topological polar surface area (TPSA) is 78.4 Å². The van der Waals surface area contributed by atoms with E-state index >= 15 is 0 Å². The number of aryl methyl sites for hydroxylation is 2. The molecule has 0 aromatic heterocycles. The Morgan fingerprint density at radius 2 is 1.32 bits per heavy atom. The van der Waals surface area contributed by atoms with E-state index in [9.17, 15) is 14.0 Å². The fourth-order valence-electron chi connectivity index (χ4n) is 2.45. The average molecular weight is 424 g/mol. The molecule has 6 heteroatoms. The first-order chi connectivity index (χ1) is 11.8. The summed E-state index contributed by atoms with van der Waals surface area (Å²) in [6.07, 6.45) is 5.52. The zero-order valence-electron chi connectivity index (χ0n) is 13.8. The van der Waals surface area contributed by atoms with E-state index in [1.54, 1.807) is 0 Å². The Morgan fingerprint density at radius 3 is 1.84 bits per heavy atom. The summed E-state index contributed by atoms with van der Waals surface area (Å²) in [5.41, 5.74) is 3.93. The maximum absolute atomic E-state index is 11.3. The van der Waals surface area contributed by atoms with Crippen molar-refractivity contribution in [2.45, 2.75) is 13.8 Å². The first-order valence-corrected chi connectivity index (χ1v) is 11.2. The van der Waals surface area contributed by atoms with E-state index in [2.05, 4.69) is 0 Å². The summed E-state index contributed by atoms with van der Waals surface area (Å²) in [5, 5.41) is 0. The van der Waals surface area contributed by atoms with E-state index in [-0.39, 0.29) is 0 Å². The molecule has 1 aliphatic heterocycles. The van der Waals surface area contributed by atoms with Crippen LogP contribution in [0.25, 0.3) is 4.47 Å². The fourth-order valence-corrected chi connectivity index (χ4v) is 7.38. The summed E-state index contributed by atoms with van der Waals surface area (Å²) in [6.45, 7) is 3.96. The Hall–Kier alpha value is -1.56. The average Bonchev–Trinajstić information content (AvgIpc) is 2.55. The van der Waals surface area contributed by atoms with Gasteiger partial charge in [0.15, 0.2) is 0 Å². The molecule has 0 radical (unpaired) electrons. The standard InChI is InChI=1S/C19H17ClO4Se/c1-14-6-10-16(11-7-14)18-4-3-5-19(25(18)24-20(21,22)23)17-12-8-15(2)9-13-17/h3-13H,1-2H3. The summed E-state index contributed by atoms with van der Waals surface area (Å²) in [6, 6.07) is 15.5. The molecule has 0 spiro atoms. The van der Waals surface area contributed by atoms with Crippen molar-refractivity contribution in [2.24, 2.45) is 0 Å². The molecule has 0 fully saturated rings. The second-order valence-corrected chi connectivity index (χ2v) is 10.3. The van der Waals surface area contributed by atoms with Crippen LogP contribution in [0.15, 0.2) is 66.8 Å². The number of rotatable bonds is 4. The van der Waals surface area contributed by atoms with Crippen LogP contribution in [-0.4, -0.2) is 18.2 Å². The molecule has 0 bridgehead atoms. The summed E-state index contributed by atoms with van der Waals surface area (Å²) in [4.78, 5) is 0. The third kappa shape index (κ3) is 4.54. The summed E-state index contributed by atoms with van der Waals surface area (Å²) < 4.78 is 40.5. The van der Waals surface area contributed by atoms with Crippen molar-refractivity contribution in [1.29, 1.82) is 0 Å². The van der Waals surface area contributed by atoms with Gasteiger partial charge in [0, 0.05) is 0 Å². The van der Waals surface area contributed by atoms with E-state index in [0.717, 1.165) is 31.1 Å². The van der Waals surface area contributed by atoms with Gasteiger partial charge in [-0.1, -0.05) is 0 Å². The van der Waals surface area contributed by atoms with E-state index in [1.807, 2.05) is 80.6 Å². The molecular formula is C19H17ClO4Se.